The van der Waals surface area contributed by atoms with Gasteiger partial charge in [0.05, 0.1) is 22.7 Å². The summed E-state index contributed by atoms with van der Waals surface area (Å²) in [6.45, 7) is 5.06. The van der Waals surface area contributed by atoms with Crippen LogP contribution in [-0.4, -0.2) is 24.1 Å². The summed E-state index contributed by atoms with van der Waals surface area (Å²) in [5.74, 6) is 0.542. The molecule has 0 amide bonds. The van der Waals surface area contributed by atoms with Crippen molar-refractivity contribution in [1.29, 1.82) is 0 Å². The highest BCUT2D eigenvalue weighted by Crippen LogP contribution is 2.30. The van der Waals surface area contributed by atoms with Crippen molar-refractivity contribution in [3.05, 3.63) is 16.1 Å². The second-order valence-electron chi connectivity index (χ2n) is 4.34. The third-order valence-corrected chi connectivity index (χ3v) is 3.87. The third kappa shape index (κ3) is 3.26. The molecule has 0 saturated heterocycles. The van der Waals surface area contributed by atoms with Gasteiger partial charge in [-0.2, -0.15) is 0 Å². The van der Waals surface area contributed by atoms with Crippen LogP contribution in [0.4, 0.5) is 0 Å². The summed E-state index contributed by atoms with van der Waals surface area (Å²) >= 11 is 1.51. The van der Waals surface area contributed by atoms with Gasteiger partial charge in [-0.1, -0.05) is 0 Å². The number of nitrogens with one attached hydrogen (secondary N) is 1. The molecule has 0 aromatic carbocycles. The van der Waals surface area contributed by atoms with E-state index in [9.17, 15) is 4.79 Å². The number of thiazole rings is 1. The van der Waals surface area contributed by atoms with Gasteiger partial charge in [0.25, 0.3) is 0 Å². The molecule has 1 saturated carbocycles. The molecule has 4 nitrogen and oxygen atoms in total. The molecule has 94 valence electrons. The average molecular weight is 254 g/mol. The Morgan fingerprint density at radius 2 is 2.47 bits per heavy atom. The number of nitrogens with zero attached hydrogens (tertiary/aromatic N) is 1. The lowest BCUT2D eigenvalue weighted by atomic mass is 10.2. The number of esters is 1. The van der Waals surface area contributed by atoms with Crippen LogP contribution in [-0.2, 0) is 9.53 Å². The second-order valence-corrected chi connectivity index (χ2v) is 5.23. The third-order valence-electron chi connectivity index (χ3n) is 2.87. The highest BCUT2D eigenvalue weighted by atomic mass is 32.1. The van der Waals surface area contributed by atoms with E-state index in [1.54, 1.807) is 5.51 Å². The summed E-state index contributed by atoms with van der Waals surface area (Å²) < 4.78 is 5.11. The van der Waals surface area contributed by atoms with Crippen LogP contribution in [0.1, 0.15) is 36.4 Å². The van der Waals surface area contributed by atoms with Crippen LogP contribution in [0.2, 0.25) is 0 Å². The Hall–Kier alpha value is -0.940. The monoisotopic (exact) mass is 254 g/mol. The lowest BCUT2D eigenvalue weighted by Gasteiger charge is -2.16. The zero-order valence-electron chi connectivity index (χ0n) is 10.2. The van der Waals surface area contributed by atoms with Crippen LogP contribution < -0.4 is 5.32 Å². The summed E-state index contributed by atoms with van der Waals surface area (Å²) in [5, 5.41) is 3.31. The fraction of sp³-hybridized carbons (Fsp3) is 0.667. The molecule has 0 aliphatic heterocycles. The maximum Gasteiger partial charge on any atom is 0.328 e. The lowest BCUT2D eigenvalue weighted by molar-refractivity contribution is -0.145. The van der Waals surface area contributed by atoms with Crippen LogP contribution in [0.3, 0.4) is 0 Å². The van der Waals surface area contributed by atoms with Crippen LogP contribution in [0.5, 0.6) is 0 Å². The van der Waals surface area contributed by atoms with E-state index in [1.807, 2.05) is 13.8 Å². The lowest BCUT2D eigenvalue weighted by Crippen LogP contribution is -2.31. The molecule has 2 rings (SSSR count). The molecule has 0 spiro atoms. The van der Waals surface area contributed by atoms with Gasteiger partial charge in [0, 0.05) is 0 Å². The van der Waals surface area contributed by atoms with Crippen LogP contribution in [0, 0.1) is 12.8 Å². The molecule has 17 heavy (non-hydrogen) atoms. The van der Waals surface area contributed by atoms with E-state index in [4.69, 9.17) is 4.74 Å². The Morgan fingerprint density at radius 3 is 3.00 bits per heavy atom. The first kappa shape index (κ1) is 12.5. The normalized spacial score (nSPS) is 16.8. The fourth-order valence-electron chi connectivity index (χ4n) is 1.70. The molecule has 1 aliphatic rings. The number of rotatable bonds is 6. The summed E-state index contributed by atoms with van der Waals surface area (Å²) in [5.41, 5.74) is 2.69. The highest BCUT2D eigenvalue weighted by molar-refractivity contribution is 7.10. The van der Waals surface area contributed by atoms with Gasteiger partial charge >= 0.3 is 5.97 Å². The van der Waals surface area contributed by atoms with Gasteiger partial charge in [-0.25, -0.2) is 9.78 Å². The van der Waals surface area contributed by atoms with Gasteiger partial charge in [0.1, 0.15) is 6.04 Å². The second kappa shape index (κ2) is 5.60. The molecule has 0 bridgehead atoms. The molecule has 1 N–H and O–H groups in total. The van der Waals surface area contributed by atoms with Gasteiger partial charge in [0.2, 0.25) is 0 Å². The number of ether oxygens (including phenoxy) is 1. The van der Waals surface area contributed by atoms with Crippen LogP contribution in [0.15, 0.2) is 5.51 Å². The van der Waals surface area contributed by atoms with Crippen molar-refractivity contribution in [3.8, 4) is 0 Å². The molecular weight excluding hydrogens is 236 g/mol. The number of hydrogen-bond donors (Lipinski definition) is 1. The smallest absolute Gasteiger partial charge is 0.328 e. The first-order chi connectivity index (χ1) is 8.22. The van der Waals surface area contributed by atoms with Crippen LogP contribution >= 0.6 is 11.3 Å². The topological polar surface area (TPSA) is 51.2 Å². The average Bonchev–Trinajstić information content (AvgIpc) is 3.03. The minimum atomic E-state index is -0.344. The van der Waals surface area contributed by atoms with Gasteiger partial charge < -0.3 is 4.74 Å². The van der Waals surface area contributed by atoms with Crippen molar-refractivity contribution >= 4 is 17.3 Å². The van der Waals surface area contributed by atoms with Gasteiger partial charge in [-0.05, 0) is 39.2 Å². The van der Waals surface area contributed by atoms with Crippen molar-refractivity contribution in [2.75, 3.05) is 13.2 Å². The number of carbonyl (C=O) groups is 1. The van der Waals surface area contributed by atoms with E-state index < -0.39 is 0 Å². The Labute approximate surface area is 105 Å². The maximum atomic E-state index is 11.9. The summed E-state index contributed by atoms with van der Waals surface area (Å²) in [4.78, 5) is 17.1. The van der Waals surface area contributed by atoms with E-state index in [1.165, 1.54) is 24.2 Å². The van der Waals surface area contributed by atoms with E-state index in [-0.39, 0.29) is 12.0 Å². The van der Waals surface area contributed by atoms with Gasteiger partial charge in [-0.15, -0.1) is 11.3 Å². The molecule has 5 heteroatoms. The van der Waals surface area contributed by atoms with E-state index in [2.05, 4.69) is 10.3 Å². The van der Waals surface area contributed by atoms with Crippen molar-refractivity contribution in [2.24, 2.45) is 5.92 Å². The zero-order valence-corrected chi connectivity index (χ0v) is 11.0. The fourth-order valence-corrected chi connectivity index (χ4v) is 2.57. The van der Waals surface area contributed by atoms with E-state index in [0.717, 1.165) is 23.0 Å². The molecule has 1 unspecified atom stereocenters. The highest BCUT2D eigenvalue weighted by Gasteiger charge is 2.28. The van der Waals surface area contributed by atoms with Gasteiger partial charge in [-0.3, -0.25) is 5.32 Å². The summed E-state index contributed by atoms with van der Waals surface area (Å²) in [6, 6.07) is -0.344. The van der Waals surface area contributed by atoms with Crippen molar-refractivity contribution in [1.82, 2.24) is 10.3 Å². The SMILES string of the molecule is CCOC(=O)C(NCC1CC1)c1scnc1C. The number of carbonyl (C=O) groups excluding carboxylic acids is 1. The standard InChI is InChI=1S/C12H18N2O2S/c1-3-16-12(15)10(13-6-9-4-5-9)11-8(2)14-7-17-11/h7,9-10,13H,3-6H2,1-2H3. The summed E-state index contributed by atoms with van der Waals surface area (Å²) in [6.07, 6.45) is 2.54. The number of aromatic nitrogens is 1. The molecule has 1 aromatic rings. The Bertz CT molecular complexity index is 388. The van der Waals surface area contributed by atoms with Crippen molar-refractivity contribution in [2.45, 2.75) is 32.7 Å². The van der Waals surface area contributed by atoms with E-state index in [0.29, 0.717) is 6.61 Å². The van der Waals surface area contributed by atoms with Crippen molar-refractivity contribution < 1.29 is 9.53 Å². The van der Waals surface area contributed by atoms with Crippen LogP contribution in [0.25, 0.3) is 0 Å². The minimum absolute atomic E-state index is 0.194. The molecular formula is C12H18N2O2S. The number of aryl methyl sites for hydroxylation is 1. The zero-order chi connectivity index (χ0) is 12.3. The molecule has 0 radical (unpaired) electrons. The largest absolute Gasteiger partial charge is 0.465 e. The van der Waals surface area contributed by atoms with Crippen molar-refractivity contribution in [3.63, 3.8) is 0 Å². The Morgan fingerprint density at radius 1 is 1.71 bits per heavy atom. The minimum Gasteiger partial charge on any atom is -0.465 e. The Kier molecular flexibility index (Phi) is 4.12. The summed E-state index contributed by atoms with van der Waals surface area (Å²) in [7, 11) is 0. The molecule has 1 heterocycles. The predicted molar refractivity (Wildman–Crippen MR) is 67.0 cm³/mol. The quantitative estimate of drug-likeness (QED) is 0.789. The Balaban J connectivity index is 2.05. The van der Waals surface area contributed by atoms with E-state index >= 15 is 0 Å². The van der Waals surface area contributed by atoms with Gasteiger partial charge in [0.15, 0.2) is 0 Å². The molecule has 1 fully saturated rings. The molecule has 1 aromatic heterocycles. The first-order valence-electron chi connectivity index (χ1n) is 6.02. The first-order valence-corrected chi connectivity index (χ1v) is 6.90. The molecule has 1 aliphatic carbocycles. The maximum absolute atomic E-state index is 11.9. The predicted octanol–water partition coefficient (Wildman–Crippen LogP) is 2.06. The number of hydrogen-bond acceptors (Lipinski definition) is 5. The molecule has 1 atom stereocenters.